The molecule has 1 atom stereocenters. The van der Waals surface area contributed by atoms with E-state index in [1.54, 1.807) is 11.0 Å². The van der Waals surface area contributed by atoms with Crippen LogP contribution < -0.4 is 10.5 Å². The molecular formula is C15H21Cl2N3O3S. The monoisotopic (exact) mass is 393 g/mol. The zero-order chi connectivity index (χ0) is 17.7. The largest absolute Gasteiger partial charge is 0.338 e. The predicted octanol–water partition coefficient (Wildman–Crippen LogP) is 2.00. The van der Waals surface area contributed by atoms with Crippen molar-refractivity contribution in [3.05, 3.63) is 28.2 Å². The molecule has 1 aromatic rings. The van der Waals surface area contributed by atoms with E-state index in [0.717, 1.165) is 19.3 Å². The lowest BCUT2D eigenvalue weighted by atomic mass is 10.0. The minimum absolute atomic E-state index is 0.0174. The number of nitrogens with one attached hydrogen (secondary N) is 1. The van der Waals surface area contributed by atoms with Gasteiger partial charge in [-0.05, 0) is 31.4 Å². The van der Waals surface area contributed by atoms with E-state index in [2.05, 4.69) is 4.72 Å². The summed E-state index contributed by atoms with van der Waals surface area (Å²) >= 11 is 11.8. The summed E-state index contributed by atoms with van der Waals surface area (Å²) in [6.45, 7) is 1.08. The number of likely N-dealkylation sites (tertiary alicyclic amines) is 1. The maximum Gasteiger partial charge on any atom is 0.243 e. The lowest BCUT2D eigenvalue weighted by Gasteiger charge is -2.35. The minimum atomic E-state index is -3.88. The van der Waals surface area contributed by atoms with Crippen molar-refractivity contribution in [3.63, 3.8) is 0 Å². The van der Waals surface area contributed by atoms with Gasteiger partial charge in [-0.2, -0.15) is 0 Å². The normalized spacial score (nSPS) is 18.6. The van der Waals surface area contributed by atoms with E-state index in [1.807, 2.05) is 0 Å². The van der Waals surface area contributed by atoms with Gasteiger partial charge in [0.25, 0.3) is 0 Å². The average Bonchev–Trinajstić information content (AvgIpc) is 2.54. The van der Waals surface area contributed by atoms with Crippen LogP contribution in [0.25, 0.3) is 0 Å². The second-order valence-electron chi connectivity index (χ2n) is 5.67. The number of piperidine rings is 1. The molecule has 1 heterocycles. The number of halogens is 2. The Balaban J connectivity index is 1.97. The molecule has 24 heavy (non-hydrogen) atoms. The molecule has 0 aliphatic carbocycles. The summed E-state index contributed by atoms with van der Waals surface area (Å²) in [5.41, 5.74) is 5.70. The lowest BCUT2D eigenvalue weighted by Crippen LogP contribution is -2.48. The van der Waals surface area contributed by atoms with E-state index in [1.165, 1.54) is 12.1 Å². The van der Waals surface area contributed by atoms with Crippen LogP contribution in [0.15, 0.2) is 23.1 Å². The maximum atomic E-state index is 12.3. The third kappa shape index (κ3) is 4.61. The number of nitrogens with zero attached hydrogens (tertiary/aromatic N) is 1. The first-order valence-corrected chi connectivity index (χ1v) is 10.0. The summed E-state index contributed by atoms with van der Waals surface area (Å²) in [6.07, 6.45) is 2.97. The number of nitrogens with two attached hydrogens (primary N) is 1. The standard InChI is InChI=1S/C15H21Cl2N3O3S/c16-12-5-3-6-13(17)15(12)24(22,23)19-8-7-14(21)20-9-2-1-4-11(20)10-18/h3,5-6,11,19H,1-2,4,7-10,18H2. The quantitative estimate of drug-likeness (QED) is 0.772. The van der Waals surface area contributed by atoms with E-state index in [9.17, 15) is 13.2 Å². The topological polar surface area (TPSA) is 92.5 Å². The Hall–Kier alpha value is -0.860. The van der Waals surface area contributed by atoms with Crippen molar-refractivity contribution in [1.29, 1.82) is 0 Å². The SMILES string of the molecule is NCC1CCCCN1C(=O)CCNS(=O)(=O)c1c(Cl)cccc1Cl. The summed E-state index contributed by atoms with van der Waals surface area (Å²) in [6, 6.07) is 4.51. The van der Waals surface area contributed by atoms with Gasteiger partial charge < -0.3 is 10.6 Å². The highest BCUT2D eigenvalue weighted by Gasteiger charge is 2.26. The Morgan fingerprint density at radius 3 is 2.58 bits per heavy atom. The molecule has 9 heteroatoms. The van der Waals surface area contributed by atoms with Gasteiger partial charge in [-0.3, -0.25) is 4.79 Å². The number of amides is 1. The molecule has 0 radical (unpaired) electrons. The smallest absolute Gasteiger partial charge is 0.243 e. The van der Waals surface area contributed by atoms with Gasteiger partial charge in [0, 0.05) is 32.1 Å². The maximum absolute atomic E-state index is 12.3. The summed E-state index contributed by atoms with van der Waals surface area (Å²) in [7, 11) is -3.88. The van der Waals surface area contributed by atoms with Gasteiger partial charge in [-0.1, -0.05) is 29.3 Å². The fourth-order valence-electron chi connectivity index (χ4n) is 2.82. The van der Waals surface area contributed by atoms with E-state index in [0.29, 0.717) is 13.1 Å². The molecule has 0 saturated carbocycles. The number of carbonyl (C=O) groups is 1. The zero-order valence-electron chi connectivity index (χ0n) is 13.2. The number of benzene rings is 1. The fraction of sp³-hybridized carbons (Fsp3) is 0.533. The van der Waals surface area contributed by atoms with Crippen molar-refractivity contribution in [3.8, 4) is 0 Å². The third-order valence-corrected chi connectivity index (χ3v) is 6.45. The number of rotatable bonds is 6. The second kappa shape index (κ2) is 8.49. The van der Waals surface area contributed by atoms with Crippen LogP contribution in [0, 0.1) is 0 Å². The van der Waals surface area contributed by atoms with E-state index < -0.39 is 10.0 Å². The van der Waals surface area contributed by atoms with Crippen LogP contribution >= 0.6 is 23.2 Å². The summed E-state index contributed by atoms with van der Waals surface area (Å²) < 4.78 is 27.0. The Bertz CT molecular complexity index is 677. The average molecular weight is 394 g/mol. The lowest BCUT2D eigenvalue weighted by molar-refractivity contribution is -0.134. The third-order valence-electron chi connectivity index (χ3n) is 4.04. The highest BCUT2D eigenvalue weighted by molar-refractivity contribution is 7.89. The molecule has 1 aromatic carbocycles. The van der Waals surface area contributed by atoms with Crippen molar-refractivity contribution in [2.75, 3.05) is 19.6 Å². The van der Waals surface area contributed by atoms with Crippen molar-refractivity contribution >= 4 is 39.1 Å². The molecule has 0 aromatic heterocycles. The van der Waals surface area contributed by atoms with E-state index >= 15 is 0 Å². The highest BCUT2D eigenvalue weighted by atomic mass is 35.5. The molecule has 6 nitrogen and oxygen atoms in total. The van der Waals surface area contributed by atoms with Gasteiger partial charge >= 0.3 is 0 Å². The highest BCUT2D eigenvalue weighted by Crippen LogP contribution is 2.28. The summed E-state index contributed by atoms with van der Waals surface area (Å²) in [5.74, 6) is -0.0990. The van der Waals surface area contributed by atoms with Gasteiger partial charge in [-0.25, -0.2) is 13.1 Å². The first-order valence-electron chi connectivity index (χ1n) is 7.80. The Morgan fingerprint density at radius 1 is 1.29 bits per heavy atom. The van der Waals surface area contributed by atoms with Crippen molar-refractivity contribution in [2.45, 2.75) is 36.6 Å². The molecule has 1 fully saturated rings. The van der Waals surface area contributed by atoms with Crippen LogP contribution in [-0.4, -0.2) is 44.9 Å². The first-order chi connectivity index (χ1) is 11.4. The molecule has 1 aliphatic heterocycles. The number of carbonyl (C=O) groups excluding carboxylic acids is 1. The second-order valence-corrected chi connectivity index (χ2v) is 8.19. The molecule has 1 saturated heterocycles. The van der Waals surface area contributed by atoms with Crippen molar-refractivity contribution in [2.24, 2.45) is 5.73 Å². The fourth-order valence-corrected chi connectivity index (χ4v) is 4.99. The molecular weight excluding hydrogens is 373 g/mol. The van der Waals surface area contributed by atoms with Gasteiger partial charge in [0.1, 0.15) is 4.90 Å². The van der Waals surface area contributed by atoms with Gasteiger partial charge in [0.2, 0.25) is 15.9 Å². The van der Waals surface area contributed by atoms with Gasteiger partial charge in [0.15, 0.2) is 0 Å². The molecule has 1 unspecified atom stereocenters. The van der Waals surface area contributed by atoms with Crippen LogP contribution in [0.2, 0.25) is 10.0 Å². The van der Waals surface area contributed by atoms with Crippen LogP contribution in [0.1, 0.15) is 25.7 Å². The predicted molar refractivity (Wildman–Crippen MR) is 94.7 cm³/mol. The molecule has 2 rings (SSSR count). The van der Waals surface area contributed by atoms with Crippen molar-refractivity contribution in [1.82, 2.24) is 9.62 Å². The number of sulfonamides is 1. The summed E-state index contributed by atoms with van der Waals surface area (Å²) in [4.78, 5) is 13.9. The van der Waals surface area contributed by atoms with Crippen LogP contribution in [0.4, 0.5) is 0 Å². The molecule has 1 amide bonds. The van der Waals surface area contributed by atoms with Crippen LogP contribution in [0.5, 0.6) is 0 Å². The van der Waals surface area contributed by atoms with Crippen LogP contribution in [0.3, 0.4) is 0 Å². The molecule has 134 valence electrons. The van der Waals surface area contributed by atoms with Gasteiger partial charge in [0.05, 0.1) is 10.0 Å². The molecule has 0 bridgehead atoms. The van der Waals surface area contributed by atoms with Crippen LogP contribution in [-0.2, 0) is 14.8 Å². The minimum Gasteiger partial charge on any atom is -0.338 e. The zero-order valence-corrected chi connectivity index (χ0v) is 15.5. The van der Waals surface area contributed by atoms with Gasteiger partial charge in [-0.15, -0.1) is 0 Å². The Labute approximate surface area is 152 Å². The van der Waals surface area contributed by atoms with Crippen molar-refractivity contribution < 1.29 is 13.2 Å². The number of hydrogen-bond acceptors (Lipinski definition) is 4. The molecule has 0 spiro atoms. The van der Waals surface area contributed by atoms with E-state index in [-0.39, 0.29) is 39.9 Å². The number of hydrogen-bond donors (Lipinski definition) is 2. The van der Waals surface area contributed by atoms with E-state index in [4.69, 9.17) is 28.9 Å². The molecule has 3 N–H and O–H groups in total. The first kappa shape index (κ1) is 19.5. The Kier molecular flexibility index (Phi) is 6.88. The molecule has 1 aliphatic rings. The summed E-state index contributed by atoms with van der Waals surface area (Å²) in [5, 5.41) is 0.0844. The Morgan fingerprint density at radius 2 is 1.96 bits per heavy atom.